The van der Waals surface area contributed by atoms with E-state index in [4.69, 9.17) is 0 Å². The van der Waals surface area contributed by atoms with Crippen molar-refractivity contribution in [3.63, 3.8) is 0 Å². The van der Waals surface area contributed by atoms with Crippen LogP contribution in [0.5, 0.6) is 0 Å². The summed E-state index contributed by atoms with van der Waals surface area (Å²) in [6, 6.07) is 2.72. The van der Waals surface area contributed by atoms with E-state index in [0.717, 1.165) is 0 Å². The fraction of sp³-hybridized carbons (Fsp3) is 0.100. The molecule has 0 unspecified atom stereocenters. The highest BCUT2D eigenvalue weighted by Crippen LogP contribution is 1.93. The summed E-state index contributed by atoms with van der Waals surface area (Å²) < 4.78 is 0. The minimum Gasteiger partial charge on any atom is -0.333 e. The highest BCUT2D eigenvalue weighted by Gasteiger charge is 2.05. The first-order valence-electron chi connectivity index (χ1n) is 4.59. The maximum Gasteiger partial charge on any atom is 0.333 e. The Kier molecular flexibility index (Phi) is 4.52. The first kappa shape index (κ1) is 11.7. The van der Waals surface area contributed by atoms with Crippen LogP contribution in [0.25, 0.3) is 0 Å². The average molecular weight is 220 g/mol. The Hall–Kier alpha value is -2.37. The van der Waals surface area contributed by atoms with Gasteiger partial charge in [-0.25, -0.2) is 10.2 Å². The molecule has 0 saturated heterocycles. The number of aromatic nitrogens is 1. The van der Waals surface area contributed by atoms with Gasteiger partial charge in [0.05, 0.1) is 5.56 Å². The van der Waals surface area contributed by atoms with Crippen molar-refractivity contribution >= 4 is 11.9 Å². The quantitative estimate of drug-likeness (QED) is 0.503. The van der Waals surface area contributed by atoms with Gasteiger partial charge in [-0.3, -0.25) is 15.2 Å². The number of carbonyl (C=O) groups excluding carboxylic acids is 2. The van der Waals surface area contributed by atoms with Gasteiger partial charge in [-0.15, -0.1) is 6.58 Å². The molecule has 1 aromatic rings. The molecule has 6 nitrogen and oxygen atoms in total. The summed E-state index contributed by atoms with van der Waals surface area (Å²) in [5.41, 5.74) is 4.79. The van der Waals surface area contributed by atoms with Crippen molar-refractivity contribution in [2.75, 3.05) is 6.54 Å². The molecule has 1 heterocycles. The van der Waals surface area contributed by atoms with Crippen molar-refractivity contribution in [2.24, 2.45) is 0 Å². The highest BCUT2D eigenvalue weighted by molar-refractivity contribution is 5.94. The van der Waals surface area contributed by atoms with E-state index >= 15 is 0 Å². The van der Waals surface area contributed by atoms with Gasteiger partial charge in [-0.05, 0) is 12.1 Å². The Labute approximate surface area is 92.7 Å². The van der Waals surface area contributed by atoms with Crippen LogP contribution in [-0.2, 0) is 0 Å². The average Bonchev–Trinajstić information content (AvgIpc) is 2.34. The van der Waals surface area contributed by atoms with Gasteiger partial charge in [0, 0.05) is 18.9 Å². The Balaban J connectivity index is 2.36. The zero-order valence-electron chi connectivity index (χ0n) is 8.56. The van der Waals surface area contributed by atoms with Crippen molar-refractivity contribution in [1.29, 1.82) is 0 Å². The number of urea groups is 1. The molecule has 1 rings (SSSR count). The number of nitrogens with zero attached hydrogens (tertiary/aromatic N) is 1. The van der Waals surface area contributed by atoms with Crippen molar-refractivity contribution in [3.05, 3.63) is 42.7 Å². The van der Waals surface area contributed by atoms with Crippen molar-refractivity contribution in [1.82, 2.24) is 21.2 Å². The number of pyridine rings is 1. The van der Waals surface area contributed by atoms with Gasteiger partial charge < -0.3 is 5.32 Å². The zero-order valence-corrected chi connectivity index (χ0v) is 8.56. The number of carbonyl (C=O) groups is 2. The predicted molar refractivity (Wildman–Crippen MR) is 58.4 cm³/mol. The lowest BCUT2D eigenvalue weighted by atomic mass is 10.3. The number of nitrogens with one attached hydrogen (secondary N) is 3. The monoisotopic (exact) mass is 220 g/mol. The largest absolute Gasteiger partial charge is 0.333 e. The lowest BCUT2D eigenvalue weighted by Gasteiger charge is -2.07. The van der Waals surface area contributed by atoms with Crippen LogP contribution in [0.4, 0.5) is 4.79 Å². The fourth-order valence-corrected chi connectivity index (χ4v) is 0.892. The summed E-state index contributed by atoms with van der Waals surface area (Å²) in [5.74, 6) is -0.429. The molecule has 0 aliphatic rings. The van der Waals surface area contributed by atoms with Gasteiger partial charge in [0.25, 0.3) is 5.91 Å². The van der Waals surface area contributed by atoms with Gasteiger partial charge in [0.2, 0.25) is 0 Å². The number of rotatable bonds is 3. The molecule has 3 amide bonds. The Morgan fingerprint density at radius 3 is 2.88 bits per heavy atom. The molecule has 0 fully saturated rings. The Bertz CT molecular complexity index is 378. The molecule has 0 spiro atoms. The third-order valence-corrected chi connectivity index (χ3v) is 1.62. The number of hydrogen-bond donors (Lipinski definition) is 3. The normalized spacial score (nSPS) is 9.00. The summed E-state index contributed by atoms with van der Waals surface area (Å²) in [6.45, 7) is 3.77. The SMILES string of the molecule is C=CCNC(=O)NNC(=O)c1cccnc1. The lowest BCUT2D eigenvalue weighted by Crippen LogP contribution is -2.46. The van der Waals surface area contributed by atoms with Crippen LogP contribution in [0.3, 0.4) is 0 Å². The molecular formula is C10H12N4O2. The molecule has 3 N–H and O–H groups in total. The molecule has 0 atom stereocenters. The minimum atomic E-state index is -0.503. The summed E-state index contributed by atoms with van der Waals surface area (Å²) in [4.78, 5) is 26.2. The number of amides is 3. The summed E-state index contributed by atoms with van der Waals surface area (Å²) >= 11 is 0. The molecule has 0 saturated carbocycles. The third kappa shape index (κ3) is 3.79. The lowest BCUT2D eigenvalue weighted by molar-refractivity contribution is 0.0936. The van der Waals surface area contributed by atoms with Gasteiger partial charge in [-0.1, -0.05) is 6.08 Å². The van der Waals surface area contributed by atoms with E-state index in [1.807, 2.05) is 0 Å². The van der Waals surface area contributed by atoms with Gasteiger partial charge in [0.1, 0.15) is 0 Å². The molecule has 0 bridgehead atoms. The molecule has 0 aromatic carbocycles. The van der Waals surface area contributed by atoms with E-state index in [1.165, 1.54) is 12.3 Å². The van der Waals surface area contributed by atoms with Crippen LogP contribution in [-0.4, -0.2) is 23.5 Å². The van der Waals surface area contributed by atoms with E-state index in [2.05, 4.69) is 27.7 Å². The fourth-order valence-electron chi connectivity index (χ4n) is 0.892. The van der Waals surface area contributed by atoms with Crippen LogP contribution in [0.1, 0.15) is 10.4 Å². The van der Waals surface area contributed by atoms with E-state index in [1.54, 1.807) is 18.3 Å². The molecule has 1 aromatic heterocycles. The van der Waals surface area contributed by atoms with Gasteiger partial charge >= 0.3 is 6.03 Å². The topological polar surface area (TPSA) is 83.1 Å². The van der Waals surface area contributed by atoms with E-state index in [9.17, 15) is 9.59 Å². The summed E-state index contributed by atoms with van der Waals surface area (Å²) in [6.07, 6.45) is 4.49. The Morgan fingerprint density at radius 2 is 2.25 bits per heavy atom. The molecule has 84 valence electrons. The van der Waals surface area contributed by atoms with Crippen molar-refractivity contribution < 1.29 is 9.59 Å². The molecule has 0 aliphatic heterocycles. The second-order valence-corrected chi connectivity index (χ2v) is 2.82. The van der Waals surface area contributed by atoms with Gasteiger partial charge in [0.15, 0.2) is 0 Å². The van der Waals surface area contributed by atoms with E-state index in [-0.39, 0.29) is 0 Å². The summed E-state index contributed by atoms with van der Waals surface area (Å²) in [5, 5.41) is 2.44. The maximum atomic E-state index is 11.4. The Morgan fingerprint density at radius 1 is 1.44 bits per heavy atom. The smallest absolute Gasteiger partial charge is 0.333 e. The van der Waals surface area contributed by atoms with E-state index in [0.29, 0.717) is 12.1 Å². The summed E-state index contributed by atoms with van der Waals surface area (Å²) in [7, 11) is 0. The zero-order chi connectivity index (χ0) is 11.8. The highest BCUT2D eigenvalue weighted by atomic mass is 16.2. The third-order valence-electron chi connectivity index (χ3n) is 1.62. The van der Waals surface area contributed by atoms with Crippen molar-refractivity contribution in [2.45, 2.75) is 0 Å². The second-order valence-electron chi connectivity index (χ2n) is 2.82. The molecule has 16 heavy (non-hydrogen) atoms. The maximum absolute atomic E-state index is 11.4. The first-order valence-corrected chi connectivity index (χ1v) is 4.59. The standard InChI is InChI=1S/C10H12N4O2/c1-2-5-12-10(16)14-13-9(15)8-4-3-6-11-7-8/h2-4,6-7H,1,5H2,(H,13,15)(H2,12,14,16). The van der Waals surface area contributed by atoms with Gasteiger partial charge in [-0.2, -0.15) is 0 Å². The van der Waals surface area contributed by atoms with Crippen LogP contribution >= 0.6 is 0 Å². The predicted octanol–water partition coefficient (Wildman–Crippen LogP) is 0.212. The molecular weight excluding hydrogens is 208 g/mol. The van der Waals surface area contributed by atoms with Crippen LogP contribution in [0.15, 0.2) is 37.2 Å². The number of hydrazine groups is 1. The van der Waals surface area contributed by atoms with Crippen molar-refractivity contribution in [3.8, 4) is 0 Å². The van der Waals surface area contributed by atoms with E-state index < -0.39 is 11.9 Å². The molecule has 0 aliphatic carbocycles. The minimum absolute atomic E-state index is 0.328. The molecule has 6 heteroatoms. The van der Waals surface area contributed by atoms with Crippen LogP contribution < -0.4 is 16.2 Å². The first-order chi connectivity index (χ1) is 7.74. The molecule has 0 radical (unpaired) electrons. The van der Waals surface area contributed by atoms with Crippen LogP contribution in [0.2, 0.25) is 0 Å². The van der Waals surface area contributed by atoms with Crippen LogP contribution in [0, 0.1) is 0 Å². The second kappa shape index (κ2) is 6.18. The number of hydrogen-bond acceptors (Lipinski definition) is 3.